The number of nitrogens with zero attached hydrogens (tertiary/aromatic N) is 3. The predicted octanol–water partition coefficient (Wildman–Crippen LogP) is 4.51. The van der Waals surface area contributed by atoms with Gasteiger partial charge in [-0.1, -0.05) is 12.1 Å². The van der Waals surface area contributed by atoms with Crippen molar-refractivity contribution in [2.75, 3.05) is 0 Å². The Morgan fingerprint density at radius 2 is 1.54 bits per heavy atom. The lowest BCUT2D eigenvalue weighted by molar-refractivity contribution is 1.19. The molecule has 0 amide bonds. The summed E-state index contributed by atoms with van der Waals surface area (Å²) in [4.78, 5) is 17.0. The Hall–Kier alpha value is -3.27. The van der Waals surface area contributed by atoms with Crippen LogP contribution in [0.15, 0.2) is 73.1 Å². The summed E-state index contributed by atoms with van der Waals surface area (Å²) >= 11 is 0. The zero-order valence-corrected chi connectivity index (χ0v) is 13.3. The molecule has 0 aliphatic heterocycles. The summed E-state index contributed by atoms with van der Waals surface area (Å²) < 4.78 is 0. The molecule has 4 heterocycles. The molecule has 0 fully saturated rings. The van der Waals surface area contributed by atoms with Crippen LogP contribution in [-0.2, 0) is 0 Å². The van der Waals surface area contributed by atoms with E-state index in [-0.39, 0.29) is 0 Å². The molecule has 0 saturated heterocycles. The number of nitrogens with one attached hydrogen (secondary N) is 1. The highest BCUT2D eigenvalue weighted by molar-refractivity contribution is 5.78. The van der Waals surface area contributed by atoms with E-state index in [1.54, 1.807) is 12.4 Å². The van der Waals surface area contributed by atoms with Crippen LogP contribution in [0.3, 0.4) is 0 Å². The average Bonchev–Trinajstić information content (AvgIpc) is 3.12. The van der Waals surface area contributed by atoms with Gasteiger partial charge in [-0.25, -0.2) is 0 Å². The van der Waals surface area contributed by atoms with E-state index in [0.29, 0.717) is 0 Å². The standard InChI is InChI=1S/C20H16N4/c1-14-6-4-9-17(23-14)18-11-10-16(24-18)15-7-5-13-22-20(15)19-8-2-3-12-21-19/h2-13,24H,1H3. The maximum atomic E-state index is 4.57. The number of hydrogen-bond donors (Lipinski definition) is 1. The molecule has 4 rings (SSSR count). The fourth-order valence-electron chi connectivity index (χ4n) is 2.72. The molecule has 1 N–H and O–H groups in total. The van der Waals surface area contributed by atoms with Gasteiger partial charge in [-0.05, 0) is 55.5 Å². The summed E-state index contributed by atoms with van der Waals surface area (Å²) in [5, 5.41) is 0. The SMILES string of the molecule is Cc1cccc(-c2ccc(-c3cccnc3-c3ccccn3)[nH]2)n1. The summed E-state index contributed by atoms with van der Waals surface area (Å²) in [6, 6.07) is 20.0. The Morgan fingerprint density at radius 1 is 0.708 bits per heavy atom. The van der Waals surface area contributed by atoms with Crippen LogP contribution in [0.1, 0.15) is 5.69 Å². The number of rotatable bonds is 3. The van der Waals surface area contributed by atoms with Gasteiger partial charge in [-0.15, -0.1) is 0 Å². The molecule has 0 radical (unpaired) electrons. The molecule has 0 saturated carbocycles. The maximum Gasteiger partial charge on any atom is 0.0979 e. The first-order chi connectivity index (χ1) is 11.8. The Morgan fingerprint density at radius 3 is 2.38 bits per heavy atom. The normalized spacial score (nSPS) is 10.7. The lowest BCUT2D eigenvalue weighted by atomic mass is 10.1. The zero-order valence-electron chi connectivity index (χ0n) is 13.3. The summed E-state index contributed by atoms with van der Waals surface area (Å²) in [5.41, 5.74) is 6.67. The van der Waals surface area contributed by atoms with Gasteiger partial charge in [-0.3, -0.25) is 15.0 Å². The van der Waals surface area contributed by atoms with Crippen LogP contribution in [0.5, 0.6) is 0 Å². The van der Waals surface area contributed by atoms with E-state index in [4.69, 9.17) is 0 Å². The second-order valence-corrected chi connectivity index (χ2v) is 5.56. The Balaban J connectivity index is 1.79. The first-order valence-corrected chi connectivity index (χ1v) is 7.81. The molecule has 24 heavy (non-hydrogen) atoms. The molecule has 4 nitrogen and oxygen atoms in total. The highest BCUT2D eigenvalue weighted by atomic mass is 14.8. The van der Waals surface area contributed by atoms with Crippen molar-refractivity contribution in [3.05, 3.63) is 78.8 Å². The van der Waals surface area contributed by atoms with Crippen molar-refractivity contribution in [2.24, 2.45) is 0 Å². The van der Waals surface area contributed by atoms with E-state index >= 15 is 0 Å². The number of aromatic amines is 1. The van der Waals surface area contributed by atoms with Gasteiger partial charge in [0.1, 0.15) is 0 Å². The predicted molar refractivity (Wildman–Crippen MR) is 95.2 cm³/mol. The number of aromatic nitrogens is 4. The van der Waals surface area contributed by atoms with Crippen molar-refractivity contribution in [1.29, 1.82) is 0 Å². The number of aryl methyl sites for hydroxylation is 1. The van der Waals surface area contributed by atoms with Crippen LogP contribution in [0.25, 0.3) is 34.0 Å². The van der Waals surface area contributed by atoms with Gasteiger partial charge in [-0.2, -0.15) is 0 Å². The van der Waals surface area contributed by atoms with Crippen molar-refractivity contribution >= 4 is 0 Å². The first kappa shape index (κ1) is 14.3. The second-order valence-electron chi connectivity index (χ2n) is 5.56. The average molecular weight is 312 g/mol. The smallest absolute Gasteiger partial charge is 0.0979 e. The molecule has 0 aliphatic carbocycles. The fraction of sp³-hybridized carbons (Fsp3) is 0.0500. The highest BCUT2D eigenvalue weighted by Crippen LogP contribution is 2.30. The largest absolute Gasteiger partial charge is 0.353 e. The van der Waals surface area contributed by atoms with E-state index in [9.17, 15) is 0 Å². The first-order valence-electron chi connectivity index (χ1n) is 7.81. The number of H-pyrrole nitrogens is 1. The molecule has 0 atom stereocenters. The molecular formula is C20H16N4. The van der Waals surface area contributed by atoms with Crippen LogP contribution < -0.4 is 0 Å². The van der Waals surface area contributed by atoms with E-state index in [1.807, 2.05) is 55.5 Å². The van der Waals surface area contributed by atoms with Gasteiger partial charge in [0.2, 0.25) is 0 Å². The third kappa shape index (κ3) is 2.70. The molecule has 0 unspecified atom stereocenters. The summed E-state index contributed by atoms with van der Waals surface area (Å²) in [7, 11) is 0. The Kier molecular flexibility index (Phi) is 3.63. The second kappa shape index (κ2) is 6.08. The van der Waals surface area contributed by atoms with E-state index in [1.165, 1.54) is 0 Å². The van der Waals surface area contributed by atoms with Crippen LogP contribution in [0.2, 0.25) is 0 Å². The quantitative estimate of drug-likeness (QED) is 0.605. The van der Waals surface area contributed by atoms with Gasteiger partial charge in [0.25, 0.3) is 0 Å². The number of hydrogen-bond acceptors (Lipinski definition) is 3. The monoisotopic (exact) mass is 312 g/mol. The summed E-state index contributed by atoms with van der Waals surface area (Å²) in [6.07, 6.45) is 3.57. The zero-order chi connectivity index (χ0) is 16.4. The van der Waals surface area contributed by atoms with Crippen molar-refractivity contribution in [1.82, 2.24) is 19.9 Å². The molecular weight excluding hydrogens is 296 g/mol. The third-order valence-corrected chi connectivity index (χ3v) is 3.86. The number of pyridine rings is 3. The van der Waals surface area contributed by atoms with Gasteiger partial charge in [0.05, 0.1) is 22.8 Å². The van der Waals surface area contributed by atoms with Crippen molar-refractivity contribution in [2.45, 2.75) is 6.92 Å². The van der Waals surface area contributed by atoms with Gasteiger partial charge < -0.3 is 4.98 Å². The minimum atomic E-state index is 0.859. The van der Waals surface area contributed by atoms with Gasteiger partial charge in [0.15, 0.2) is 0 Å². The lowest BCUT2D eigenvalue weighted by Gasteiger charge is -2.06. The third-order valence-electron chi connectivity index (χ3n) is 3.86. The van der Waals surface area contributed by atoms with Crippen LogP contribution in [0, 0.1) is 6.92 Å². The Bertz CT molecular complexity index is 974. The topological polar surface area (TPSA) is 54.5 Å². The molecule has 0 bridgehead atoms. The maximum absolute atomic E-state index is 4.57. The van der Waals surface area contributed by atoms with Crippen LogP contribution >= 0.6 is 0 Å². The van der Waals surface area contributed by atoms with Crippen LogP contribution in [0.4, 0.5) is 0 Å². The molecule has 0 aromatic carbocycles. The van der Waals surface area contributed by atoms with Crippen molar-refractivity contribution in [3.8, 4) is 34.0 Å². The summed E-state index contributed by atoms with van der Waals surface area (Å²) in [6.45, 7) is 1.99. The van der Waals surface area contributed by atoms with Crippen molar-refractivity contribution in [3.63, 3.8) is 0 Å². The Labute approximate surface area is 140 Å². The van der Waals surface area contributed by atoms with Crippen LogP contribution in [-0.4, -0.2) is 19.9 Å². The summed E-state index contributed by atoms with van der Waals surface area (Å²) in [5.74, 6) is 0. The molecule has 0 aliphatic rings. The molecule has 4 aromatic heterocycles. The fourth-order valence-corrected chi connectivity index (χ4v) is 2.72. The van der Waals surface area contributed by atoms with E-state index in [0.717, 1.165) is 39.7 Å². The lowest BCUT2D eigenvalue weighted by Crippen LogP contribution is -1.91. The van der Waals surface area contributed by atoms with Crippen molar-refractivity contribution < 1.29 is 0 Å². The molecule has 4 aromatic rings. The molecule has 116 valence electrons. The molecule has 4 heteroatoms. The minimum absolute atomic E-state index is 0.859. The van der Waals surface area contributed by atoms with E-state index in [2.05, 4.69) is 32.1 Å². The van der Waals surface area contributed by atoms with Gasteiger partial charge in [0, 0.05) is 29.3 Å². The van der Waals surface area contributed by atoms with E-state index < -0.39 is 0 Å². The molecule has 0 spiro atoms. The minimum Gasteiger partial charge on any atom is -0.353 e. The van der Waals surface area contributed by atoms with Gasteiger partial charge >= 0.3 is 0 Å². The highest BCUT2D eigenvalue weighted by Gasteiger charge is 2.12.